The van der Waals surface area contributed by atoms with Gasteiger partial charge in [0.15, 0.2) is 0 Å². The van der Waals surface area contributed by atoms with Gasteiger partial charge in [-0.3, -0.25) is 19.3 Å². The lowest BCUT2D eigenvalue weighted by atomic mass is 10.1. The van der Waals surface area contributed by atoms with E-state index in [1.807, 2.05) is 34.1 Å². The number of anilines is 1. The molecule has 1 fully saturated rings. The lowest BCUT2D eigenvalue weighted by Crippen LogP contribution is -2.51. The van der Waals surface area contributed by atoms with E-state index in [-0.39, 0.29) is 30.8 Å². The molecule has 7 nitrogen and oxygen atoms in total. The minimum atomic E-state index is -0.307. The highest BCUT2D eigenvalue weighted by atomic mass is 35.5. The number of para-hydroxylation sites is 1. The van der Waals surface area contributed by atoms with Crippen LogP contribution in [0.3, 0.4) is 0 Å². The number of rotatable bonds is 7. The molecule has 1 heterocycles. The molecule has 0 bridgehead atoms. The Labute approximate surface area is 193 Å². The van der Waals surface area contributed by atoms with E-state index in [0.717, 1.165) is 6.42 Å². The van der Waals surface area contributed by atoms with Crippen LogP contribution in [0.4, 0.5) is 5.69 Å². The van der Waals surface area contributed by atoms with Crippen molar-refractivity contribution in [1.82, 2.24) is 14.7 Å². The van der Waals surface area contributed by atoms with Crippen LogP contribution in [0, 0.1) is 0 Å². The minimum absolute atomic E-state index is 0.0204. The number of aryl methyl sites for hydroxylation is 1. The summed E-state index contributed by atoms with van der Waals surface area (Å²) in [5, 5.41) is 3.17. The first-order valence-electron chi connectivity index (χ1n) is 10.8. The number of hydrogen-bond acceptors (Lipinski definition) is 4. The number of nitrogens with one attached hydrogen (secondary N) is 1. The zero-order valence-electron chi connectivity index (χ0n) is 18.5. The SMILES string of the molecule is CCc1ccc(C(=O)N2CCN(CC(=O)N(C)CC(=O)Nc3ccccc3Cl)CC2)cc1. The summed E-state index contributed by atoms with van der Waals surface area (Å²) in [6.45, 7) is 4.60. The number of halogens is 1. The van der Waals surface area contributed by atoms with Crippen molar-refractivity contribution in [3.63, 3.8) is 0 Å². The average Bonchev–Trinajstić information content (AvgIpc) is 2.80. The standard InChI is InChI=1S/C24H29ClN4O3/c1-3-18-8-10-19(11-9-18)24(32)29-14-12-28(13-15-29)17-23(31)27(2)16-22(30)26-21-7-5-4-6-20(21)25/h4-11H,3,12-17H2,1-2H3,(H,26,30). The van der Waals surface area contributed by atoms with Gasteiger partial charge in [-0.25, -0.2) is 0 Å². The molecule has 1 aliphatic heterocycles. The zero-order chi connectivity index (χ0) is 23.1. The van der Waals surface area contributed by atoms with E-state index >= 15 is 0 Å². The van der Waals surface area contributed by atoms with E-state index in [9.17, 15) is 14.4 Å². The fourth-order valence-electron chi connectivity index (χ4n) is 3.54. The Balaban J connectivity index is 1.43. The third-order valence-electron chi connectivity index (χ3n) is 5.58. The second-order valence-electron chi connectivity index (χ2n) is 7.90. The summed E-state index contributed by atoms with van der Waals surface area (Å²) in [5.74, 6) is -0.431. The fourth-order valence-corrected chi connectivity index (χ4v) is 3.73. The fraction of sp³-hybridized carbons (Fsp3) is 0.375. The van der Waals surface area contributed by atoms with E-state index in [0.29, 0.717) is 42.5 Å². The van der Waals surface area contributed by atoms with Gasteiger partial charge in [0.2, 0.25) is 11.8 Å². The highest BCUT2D eigenvalue weighted by Gasteiger charge is 2.24. The van der Waals surface area contributed by atoms with E-state index in [2.05, 4.69) is 12.2 Å². The van der Waals surface area contributed by atoms with Crippen LogP contribution in [0.15, 0.2) is 48.5 Å². The first-order chi connectivity index (χ1) is 15.4. The van der Waals surface area contributed by atoms with Crippen molar-refractivity contribution in [3.05, 3.63) is 64.7 Å². The molecule has 0 unspecified atom stereocenters. The summed E-state index contributed by atoms with van der Waals surface area (Å²) in [5.41, 5.74) is 2.41. The molecule has 0 aliphatic carbocycles. The smallest absolute Gasteiger partial charge is 0.253 e. The van der Waals surface area contributed by atoms with E-state index < -0.39 is 0 Å². The minimum Gasteiger partial charge on any atom is -0.336 e. The van der Waals surface area contributed by atoms with Crippen LogP contribution in [0.2, 0.25) is 5.02 Å². The van der Waals surface area contributed by atoms with Gasteiger partial charge in [0.05, 0.1) is 23.8 Å². The largest absolute Gasteiger partial charge is 0.336 e. The summed E-state index contributed by atoms with van der Waals surface area (Å²) in [7, 11) is 1.61. The molecule has 0 aromatic heterocycles. The number of carbonyl (C=O) groups is 3. The Morgan fingerprint density at radius 2 is 1.66 bits per heavy atom. The van der Waals surface area contributed by atoms with Crippen molar-refractivity contribution in [3.8, 4) is 0 Å². The van der Waals surface area contributed by atoms with Crippen LogP contribution >= 0.6 is 11.6 Å². The number of amides is 3. The van der Waals surface area contributed by atoms with Gasteiger partial charge < -0.3 is 15.1 Å². The van der Waals surface area contributed by atoms with Crippen LogP contribution in [0.25, 0.3) is 0 Å². The predicted molar refractivity (Wildman–Crippen MR) is 126 cm³/mol. The van der Waals surface area contributed by atoms with Crippen molar-refractivity contribution in [2.45, 2.75) is 13.3 Å². The maximum atomic E-state index is 12.7. The second-order valence-corrected chi connectivity index (χ2v) is 8.30. The van der Waals surface area contributed by atoms with Crippen molar-refractivity contribution in [2.24, 2.45) is 0 Å². The molecule has 1 N–H and O–H groups in total. The van der Waals surface area contributed by atoms with Crippen molar-refractivity contribution in [2.75, 3.05) is 51.6 Å². The molecule has 0 radical (unpaired) electrons. The molecule has 1 saturated heterocycles. The molecule has 3 rings (SSSR count). The third-order valence-corrected chi connectivity index (χ3v) is 5.91. The van der Waals surface area contributed by atoms with Gasteiger partial charge in [-0.15, -0.1) is 0 Å². The number of piperazine rings is 1. The second kappa shape index (κ2) is 11.1. The lowest BCUT2D eigenvalue weighted by molar-refractivity contribution is -0.134. The Morgan fingerprint density at radius 1 is 1.00 bits per heavy atom. The number of benzene rings is 2. The van der Waals surface area contributed by atoms with Gasteiger partial charge in [-0.05, 0) is 36.2 Å². The molecule has 1 aliphatic rings. The third kappa shape index (κ3) is 6.31. The van der Waals surface area contributed by atoms with Crippen molar-refractivity contribution in [1.29, 1.82) is 0 Å². The Hall–Kier alpha value is -2.90. The highest BCUT2D eigenvalue weighted by molar-refractivity contribution is 6.33. The monoisotopic (exact) mass is 456 g/mol. The molecule has 8 heteroatoms. The van der Waals surface area contributed by atoms with Gasteiger partial charge >= 0.3 is 0 Å². The van der Waals surface area contributed by atoms with Crippen LogP contribution in [-0.4, -0.2) is 78.7 Å². The quantitative estimate of drug-likeness (QED) is 0.695. The van der Waals surface area contributed by atoms with E-state index in [4.69, 9.17) is 11.6 Å². The summed E-state index contributed by atoms with van der Waals surface area (Å²) >= 11 is 6.05. The average molecular weight is 457 g/mol. The molecule has 32 heavy (non-hydrogen) atoms. The van der Waals surface area contributed by atoms with Crippen LogP contribution in [0.1, 0.15) is 22.8 Å². The molecular formula is C24H29ClN4O3. The number of hydrogen-bond donors (Lipinski definition) is 1. The van der Waals surface area contributed by atoms with Crippen LogP contribution in [0.5, 0.6) is 0 Å². The van der Waals surface area contributed by atoms with Gasteiger partial charge in [-0.1, -0.05) is 42.8 Å². The van der Waals surface area contributed by atoms with Gasteiger partial charge in [0.1, 0.15) is 0 Å². The van der Waals surface area contributed by atoms with E-state index in [1.165, 1.54) is 10.5 Å². The lowest BCUT2D eigenvalue weighted by Gasteiger charge is -2.35. The van der Waals surface area contributed by atoms with Crippen LogP contribution in [-0.2, 0) is 16.0 Å². The zero-order valence-corrected chi connectivity index (χ0v) is 19.3. The van der Waals surface area contributed by atoms with Gasteiger partial charge in [-0.2, -0.15) is 0 Å². The number of likely N-dealkylation sites (N-methyl/N-ethyl adjacent to an activating group) is 1. The highest BCUT2D eigenvalue weighted by Crippen LogP contribution is 2.20. The normalized spacial score (nSPS) is 14.2. The summed E-state index contributed by atoms with van der Waals surface area (Å²) in [6.07, 6.45) is 0.942. The number of carbonyl (C=O) groups excluding carboxylic acids is 3. The maximum absolute atomic E-state index is 12.7. The molecule has 170 valence electrons. The maximum Gasteiger partial charge on any atom is 0.253 e. The summed E-state index contributed by atoms with van der Waals surface area (Å²) in [4.78, 5) is 42.7. The first kappa shape index (κ1) is 23.8. The number of nitrogens with zero attached hydrogens (tertiary/aromatic N) is 3. The predicted octanol–water partition coefficient (Wildman–Crippen LogP) is 2.76. The Kier molecular flexibility index (Phi) is 8.25. The Bertz CT molecular complexity index is 956. The molecule has 0 atom stereocenters. The van der Waals surface area contributed by atoms with E-state index in [1.54, 1.807) is 31.3 Å². The van der Waals surface area contributed by atoms with Crippen molar-refractivity contribution >= 4 is 35.0 Å². The summed E-state index contributed by atoms with van der Waals surface area (Å²) in [6, 6.07) is 14.7. The molecule has 2 aromatic carbocycles. The van der Waals surface area contributed by atoms with Crippen molar-refractivity contribution < 1.29 is 14.4 Å². The molecule has 3 amide bonds. The molecule has 0 saturated carbocycles. The van der Waals surface area contributed by atoms with Gasteiger partial charge in [0, 0.05) is 38.8 Å². The molecule has 2 aromatic rings. The topological polar surface area (TPSA) is 73.0 Å². The Morgan fingerprint density at radius 3 is 2.28 bits per heavy atom. The molecular weight excluding hydrogens is 428 g/mol. The molecule has 0 spiro atoms. The van der Waals surface area contributed by atoms with Gasteiger partial charge in [0.25, 0.3) is 5.91 Å². The summed E-state index contributed by atoms with van der Waals surface area (Å²) < 4.78 is 0. The van der Waals surface area contributed by atoms with Crippen LogP contribution < -0.4 is 5.32 Å². The first-order valence-corrected chi connectivity index (χ1v) is 11.1.